The van der Waals surface area contributed by atoms with Gasteiger partial charge >= 0.3 is 5.97 Å². The molecule has 0 fully saturated rings. The van der Waals surface area contributed by atoms with Gasteiger partial charge in [-0.1, -0.05) is 105 Å². The van der Waals surface area contributed by atoms with Crippen molar-refractivity contribution in [3.05, 3.63) is 132 Å². The maximum absolute atomic E-state index is 11.7. The van der Waals surface area contributed by atoms with Crippen LogP contribution in [0.4, 0.5) is 11.4 Å². The molecule has 0 radical (unpaired) electrons. The van der Waals surface area contributed by atoms with Gasteiger partial charge in [0.2, 0.25) is 5.69 Å². The normalized spacial score (nSPS) is 17.2. The van der Waals surface area contributed by atoms with E-state index in [0.29, 0.717) is 25.8 Å². The van der Waals surface area contributed by atoms with Gasteiger partial charge in [-0.05, 0) is 78.4 Å². The molecule has 4 aromatic rings. The Morgan fingerprint density at radius 3 is 2.11 bits per heavy atom. The number of hydrogen-bond acceptors (Lipinski definition) is 5. The van der Waals surface area contributed by atoms with Crippen molar-refractivity contribution in [2.45, 2.75) is 77.0 Å². The van der Waals surface area contributed by atoms with E-state index in [9.17, 15) is 17.8 Å². The Morgan fingerprint density at radius 2 is 1.41 bits per heavy atom. The van der Waals surface area contributed by atoms with E-state index in [2.05, 4.69) is 152 Å². The second-order valence-corrected chi connectivity index (χ2v) is 16.9. The first-order valence-corrected chi connectivity index (χ1v) is 20.7. The van der Waals surface area contributed by atoms with E-state index < -0.39 is 10.1 Å². The Labute approximate surface area is 320 Å². The number of esters is 1. The highest BCUT2D eigenvalue weighted by Gasteiger charge is 2.45. The number of carbonyl (C=O) groups is 1. The number of hydrogen-bond donors (Lipinski definition) is 1. The van der Waals surface area contributed by atoms with Crippen molar-refractivity contribution in [2.24, 2.45) is 0 Å². The minimum atomic E-state index is -3.99. The van der Waals surface area contributed by atoms with Gasteiger partial charge in [0.05, 0.1) is 18.3 Å². The molecule has 8 heteroatoms. The summed E-state index contributed by atoms with van der Waals surface area (Å²) in [5.41, 5.74) is 6.92. The maximum Gasteiger partial charge on any atom is 0.305 e. The molecule has 0 aliphatic carbocycles. The highest BCUT2D eigenvalue weighted by atomic mass is 32.2. The van der Waals surface area contributed by atoms with Gasteiger partial charge in [0.25, 0.3) is 10.1 Å². The van der Waals surface area contributed by atoms with Gasteiger partial charge in [-0.15, -0.1) is 0 Å². The second-order valence-electron chi connectivity index (χ2n) is 15.4. The summed E-state index contributed by atoms with van der Waals surface area (Å²) in [6.45, 7) is 10.6. The standard InChI is InChI=1S/C46H52N2O5S/c1-45(2)40(47(31-17-9-12-26-42(49)53-5)38-29-27-34-20-13-15-22-36(34)43(38)45)24-10-7-6-8-11-25-41-46(3,4)44-37-23-16-14-21-35(37)28-30-39(44)48(41)32-18-19-33-54(50,51)52/h6-8,10-11,13-16,20-25,27-30H,9,12,17-19,26,31-33H2,1-5H3/p+1. The van der Waals surface area contributed by atoms with E-state index in [1.165, 1.54) is 51.2 Å². The molecule has 1 N–H and O–H groups in total. The lowest BCUT2D eigenvalue weighted by Crippen LogP contribution is -2.28. The van der Waals surface area contributed by atoms with Gasteiger partial charge in [0.15, 0.2) is 5.71 Å². The van der Waals surface area contributed by atoms with E-state index in [1.807, 2.05) is 0 Å². The lowest BCUT2D eigenvalue weighted by molar-refractivity contribution is -0.438. The Morgan fingerprint density at radius 1 is 0.759 bits per heavy atom. The van der Waals surface area contributed by atoms with Crippen molar-refractivity contribution >= 4 is 54.7 Å². The lowest BCUT2D eigenvalue weighted by Gasteiger charge is -2.27. The van der Waals surface area contributed by atoms with Crippen LogP contribution < -0.4 is 4.90 Å². The Hall–Kier alpha value is -4.79. The lowest BCUT2D eigenvalue weighted by atomic mass is 9.79. The summed E-state index contributed by atoms with van der Waals surface area (Å²) < 4.78 is 39.2. The topological polar surface area (TPSA) is 86.9 Å². The molecule has 4 aromatic carbocycles. The summed E-state index contributed by atoms with van der Waals surface area (Å²) in [4.78, 5) is 14.1. The van der Waals surface area contributed by atoms with Crippen molar-refractivity contribution < 1.29 is 27.1 Å². The second kappa shape index (κ2) is 16.3. The number of allylic oxidation sites excluding steroid dienone is 8. The molecule has 0 aromatic heterocycles. The number of methoxy groups -OCH3 is 1. The molecular weight excluding hydrogens is 693 g/mol. The molecule has 0 saturated carbocycles. The van der Waals surface area contributed by atoms with Crippen LogP contribution in [0, 0.1) is 0 Å². The van der Waals surface area contributed by atoms with Crippen LogP contribution in [-0.4, -0.2) is 55.2 Å². The van der Waals surface area contributed by atoms with Crippen LogP contribution >= 0.6 is 0 Å². The summed E-state index contributed by atoms with van der Waals surface area (Å²) >= 11 is 0. The zero-order valence-electron chi connectivity index (χ0n) is 32.2. The van der Waals surface area contributed by atoms with E-state index in [-0.39, 0.29) is 22.6 Å². The van der Waals surface area contributed by atoms with E-state index in [0.717, 1.165) is 37.2 Å². The Balaban J connectivity index is 1.23. The highest BCUT2D eigenvalue weighted by molar-refractivity contribution is 7.85. The highest BCUT2D eigenvalue weighted by Crippen LogP contribution is 2.51. The largest absolute Gasteiger partial charge is 0.469 e. The number of carbonyl (C=O) groups excluding carboxylic acids is 1. The molecule has 7 nitrogen and oxygen atoms in total. The fourth-order valence-electron chi connectivity index (χ4n) is 8.41. The summed E-state index contributed by atoms with van der Waals surface area (Å²) in [5, 5.41) is 4.94. The van der Waals surface area contributed by atoms with Gasteiger partial charge in [-0.3, -0.25) is 9.35 Å². The average molecular weight is 746 g/mol. The molecule has 2 heterocycles. The zero-order chi connectivity index (χ0) is 38.5. The number of rotatable bonds is 15. The molecule has 0 unspecified atom stereocenters. The molecule has 0 amide bonds. The first kappa shape index (κ1) is 38.9. The number of nitrogens with zero attached hydrogens (tertiary/aromatic N) is 2. The molecular formula is C46H53N2O5S+. The van der Waals surface area contributed by atoms with Gasteiger partial charge in [-0.25, -0.2) is 0 Å². The molecule has 6 rings (SSSR count). The number of ether oxygens (including phenoxy) is 1. The third-order valence-corrected chi connectivity index (χ3v) is 11.8. The van der Waals surface area contributed by atoms with E-state index in [4.69, 9.17) is 4.74 Å². The molecule has 0 atom stereocenters. The molecule has 54 heavy (non-hydrogen) atoms. The van der Waals surface area contributed by atoms with E-state index >= 15 is 0 Å². The van der Waals surface area contributed by atoms with Crippen molar-refractivity contribution in [1.29, 1.82) is 0 Å². The van der Waals surface area contributed by atoms with Crippen LogP contribution in [0.25, 0.3) is 21.5 Å². The predicted molar refractivity (Wildman–Crippen MR) is 223 cm³/mol. The number of fused-ring (bicyclic) bond motifs is 6. The predicted octanol–water partition coefficient (Wildman–Crippen LogP) is 10.1. The molecule has 0 bridgehead atoms. The van der Waals surface area contributed by atoms with Crippen molar-refractivity contribution in [1.82, 2.24) is 0 Å². The van der Waals surface area contributed by atoms with Crippen molar-refractivity contribution in [3.63, 3.8) is 0 Å². The fourth-order valence-corrected chi connectivity index (χ4v) is 8.98. The summed E-state index contributed by atoms with van der Waals surface area (Å²) in [5.74, 6) is -0.391. The Bertz CT molecular complexity index is 2310. The minimum absolute atomic E-state index is 0.155. The van der Waals surface area contributed by atoms with Crippen LogP contribution in [0.2, 0.25) is 0 Å². The monoisotopic (exact) mass is 745 g/mol. The first-order valence-electron chi connectivity index (χ1n) is 19.1. The smallest absolute Gasteiger partial charge is 0.305 e. The summed E-state index contributed by atoms with van der Waals surface area (Å²) in [7, 11) is -2.55. The SMILES string of the molecule is COC(=O)CCCCCN1\C(=C/C=C/C=C/C=C/C2=[N+](CCCCS(=O)(=O)O)c3ccc4ccccc4c3C2(C)C)C(C)(C)c2c1ccc1ccccc21. The molecule has 0 spiro atoms. The van der Waals surface area contributed by atoms with Gasteiger partial charge in [0, 0.05) is 53.9 Å². The summed E-state index contributed by atoms with van der Waals surface area (Å²) in [6.07, 6.45) is 19.0. The zero-order valence-corrected chi connectivity index (χ0v) is 33.0. The van der Waals surface area contributed by atoms with Crippen LogP contribution in [0.5, 0.6) is 0 Å². The molecule has 2 aliphatic rings. The maximum atomic E-state index is 11.7. The molecule has 2 aliphatic heterocycles. The third kappa shape index (κ3) is 8.15. The van der Waals surface area contributed by atoms with Crippen molar-refractivity contribution in [3.8, 4) is 0 Å². The van der Waals surface area contributed by atoms with Crippen LogP contribution in [0.3, 0.4) is 0 Å². The van der Waals surface area contributed by atoms with E-state index in [1.54, 1.807) is 0 Å². The van der Waals surface area contributed by atoms with Crippen LogP contribution in [0.15, 0.2) is 121 Å². The van der Waals surface area contributed by atoms with Gasteiger partial charge < -0.3 is 9.64 Å². The number of anilines is 1. The number of unbranched alkanes of at least 4 members (excludes halogenated alkanes) is 3. The number of benzene rings is 4. The molecule has 282 valence electrons. The van der Waals surface area contributed by atoms with Gasteiger partial charge in [0.1, 0.15) is 6.54 Å². The Kier molecular flexibility index (Phi) is 11.7. The van der Waals surface area contributed by atoms with Crippen LogP contribution in [0.1, 0.15) is 77.3 Å². The quantitative estimate of drug-likeness (QED) is 0.0429. The van der Waals surface area contributed by atoms with Gasteiger partial charge in [-0.2, -0.15) is 13.0 Å². The van der Waals surface area contributed by atoms with Crippen LogP contribution in [-0.2, 0) is 30.5 Å². The molecule has 0 saturated heterocycles. The fraction of sp³-hybridized carbons (Fsp3) is 0.348. The minimum Gasteiger partial charge on any atom is -0.469 e. The van der Waals surface area contributed by atoms with Crippen molar-refractivity contribution in [2.75, 3.05) is 30.9 Å². The summed E-state index contributed by atoms with van der Waals surface area (Å²) in [6, 6.07) is 25.9. The first-order chi connectivity index (χ1) is 25.8. The third-order valence-electron chi connectivity index (χ3n) is 11.0. The average Bonchev–Trinajstić information content (AvgIpc) is 3.50.